The van der Waals surface area contributed by atoms with Crippen molar-refractivity contribution in [3.8, 4) is 16.2 Å². The SMILES string of the molecule is COc1cc2cccsc-2c1COC=O. The van der Waals surface area contributed by atoms with Crippen LogP contribution in [0.5, 0.6) is 5.75 Å². The average molecular weight is 222 g/mol. The summed E-state index contributed by atoms with van der Waals surface area (Å²) in [4.78, 5) is 11.3. The number of methoxy groups -OCH3 is 1. The topological polar surface area (TPSA) is 35.5 Å². The molecule has 1 aliphatic heterocycles. The Morgan fingerprint density at radius 3 is 3.13 bits per heavy atom. The fraction of sp³-hybridized carbons (Fsp3) is 0.182. The molecular weight excluding hydrogens is 212 g/mol. The third-order valence-electron chi connectivity index (χ3n) is 2.18. The summed E-state index contributed by atoms with van der Waals surface area (Å²) in [6, 6.07) is 5.95. The van der Waals surface area contributed by atoms with Gasteiger partial charge in [-0.15, -0.1) is 11.3 Å². The Morgan fingerprint density at radius 1 is 1.53 bits per heavy atom. The second-order valence-electron chi connectivity index (χ2n) is 3.00. The highest BCUT2D eigenvalue weighted by Gasteiger charge is 2.16. The molecule has 78 valence electrons. The van der Waals surface area contributed by atoms with Crippen molar-refractivity contribution < 1.29 is 14.3 Å². The first-order valence-corrected chi connectivity index (χ1v) is 5.33. The van der Waals surface area contributed by atoms with Crippen LogP contribution in [0.4, 0.5) is 0 Å². The quantitative estimate of drug-likeness (QED) is 0.746. The van der Waals surface area contributed by atoms with E-state index in [9.17, 15) is 4.79 Å². The lowest BCUT2D eigenvalue weighted by Crippen LogP contribution is -1.92. The van der Waals surface area contributed by atoms with E-state index in [2.05, 4.69) is 0 Å². The van der Waals surface area contributed by atoms with Gasteiger partial charge in [0, 0.05) is 10.4 Å². The van der Waals surface area contributed by atoms with E-state index in [1.165, 1.54) is 0 Å². The Kier molecular flexibility index (Phi) is 2.87. The molecule has 0 unspecified atom stereocenters. The Hall–Kier alpha value is -1.55. The van der Waals surface area contributed by atoms with Crippen molar-refractivity contribution in [2.24, 2.45) is 0 Å². The summed E-state index contributed by atoms with van der Waals surface area (Å²) < 4.78 is 10.0. The number of hydrogen-bond donors (Lipinski definition) is 0. The molecule has 0 amide bonds. The Bertz CT molecular complexity index is 436. The first-order chi connectivity index (χ1) is 7.36. The number of hydrogen-bond acceptors (Lipinski definition) is 4. The molecule has 1 aliphatic carbocycles. The number of carbonyl (C=O) groups excluding carboxylic acids is 1. The van der Waals surface area contributed by atoms with Crippen molar-refractivity contribution in [1.82, 2.24) is 0 Å². The molecule has 0 fully saturated rings. The Labute approximate surface area is 91.6 Å². The number of carbonyl (C=O) groups is 1. The summed E-state index contributed by atoms with van der Waals surface area (Å²) in [5.41, 5.74) is 2.05. The van der Waals surface area contributed by atoms with Gasteiger partial charge in [-0.1, -0.05) is 12.1 Å². The molecule has 0 saturated carbocycles. The first-order valence-electron chi connectivity index (χ1n) is 4.45. The zero-order valence-corrected chi connectivity index (χ0v) is 9.04. The van der Waals surface area contributed by atoms with E-state index < -0.39 is 0 Å². The van der Waals surface area contributed by atoms with Crippen LogP contribution in [0.25, 0.3) is 10.4 Å². The van der Waals surface area contributed by atoms with E-state index in [1.54, 1.807) is 18.4 Å². The van der Waals surface area contributed by atoms with Gasteiger partial charge >= 0.3 is 0 Å². The summed E-state index contributed by atoms with van der Waals surface area (Å²) >= 11 is 1.61. The fourth-order valence-corrected chi connectivity index (χ4v) is 2.39. The predicted octanol–water partition coefficient (Wildman–Crippen LogP) is 2.53. The molecule has 0 aromatic rings. The largest absolute Gasteiger partial charge is 0.496 e. The van der Waals surface area contributed by atoms with Gasteiger partial charge in [0.25, 0.3) is 6.47 Å². The minimum Gasteiger partial charge on any atom is -0.496 e. The van der Waals surface area contributed by atoms with E-state index in [0.29, 0.717) is 6.47 Å². The minimum absolute atomic E-state index is 0.261. The highest BCUT2D eigenvalue weighted by Crippen LogP contribution is 2.39. The van der Waals surface area contributed by atoms with Crippen LogP contribution >= 0.6 is 11.3 Å². The predicted molar refractivity (Wildman–Crippen MR) is 58.3 cm³/mol. The maximum Gasteiger partial charge on any atom is 0.293 e. The van der Waals surface area contributed by atoms with Gasteiger partial charge in [-0.3, -0.25) is 4.79 Å². The molecule has 0 N–H and O–H groups in total. The molecule has 2 aliphatic rings. The van der Waals surface area contributed by atoms with Crippen LogP contribution in [0.15, 0.2) is 23.6 Å². The summed E-state index contributed by atoms with van der Waals surface area (Å²) in [7, 11) is 1.61. The van der Waals surface area contributed by atoms with Crippen LogP contribution in [-0.4, -0.2) is 13.6 Å². The van der Waals surface area contributed by atoms with Crippen molar-refractivity contribution in [1.29, 1.82) is 0 Å². The van der Waals surface area contributed by atoms with E-state index in [4.69, 9.17) is 9.47 Å². The second kappa shape index (κ2) is 4.31. The van der Waals surface area contributed by atoms with Gasteiger partial charge in [0.2, 0.25) is 0 Å². The Balaban J connectivity index is 2.45. The van der Waals surface area contributed by atoms with Crippen molar-refractivity contribution >= 4 is 17.8 Å². The summed E-state index contributed by atoms with van der Waals surface area (Å²) in [5, 5.41) is 1.99. The molecule has 3 nitrogen and oxygen atoms in total. The van der Waals surface area contributed by atoms with Crippen LogP contribution < -0.4 is 4.74 Å². The molecule has 0 spiro atoms. The van der Waals surface area contributed by atoms with Gasteiger partial charge in [0.05, 0.1) is 7.11 Å². The van der Waals surface area contributed by atoms with E-state index in [1.807, 2.05) is 23.6 Å². The van der Waals surface area contributed by atoms with Gasteiger partial charge in [0.1, 0.15) is 12.4 Å². The summed E-state index contributed by atoms with van der Waals surface area (Å²) in [6.07, 6.45) is 0. The molecular formula is C11H10O3S. The molecule has 0 atom stereocenters. The lowest BCUT2D eigenvalue weighted by Gasteiger charge is -2.03. The van der Waals surface area contributed by atoms with Gasteiger partial charge in [-0.2, -0.15) is 0 Å². The molecule has 0 bridgehead atoms. The lowest BCUT2D eigenvalue weighted by molar-refractivity contribution is -0.129. The Morgan fingerprint density at radius 2 is 2.40 bits per heavy atom. The number of fused-ring (bicyclic) bond motifs is 1. The van der Waals surface area contributed by atoms with Crippen LogP contribution in [0.2, 0.25) is 0 Å². The zero-order chi connectivity index (χ0) is 10.7. The summed E-state index contributed by atoms with van der Waals surface area (Å²) in [6.45, 7) is 0.711. The lowest BCUT2D eigenvalue weighted by atomic mass is 10.2. The van der Waals surface area contributed by atoms with Crippen molar-refractivity contribution in [3.05, 3.63) is 29.1 Å². The van der Waals surface area contributed by atoms with Crippen LogP contribution in [0.1, 0.15) is 5.56 Å². The van der Waals surface area contributed by atoms with E-state index in [-0.39, 0.29) is 6.61 Å². The molecule has 1 heterocycles. The van der Waals surface area contributed by atoms with Crippen molar-refractivity contribution in [3.63, 3.8) is 0 Å². The molecule has 4 heteroatoms. The molecule has 0 aromatic carbocycles. The monoisotopic (exact) mass is 222 g/mol. The van der Waals surface area contributed by atoms with Crippen LogP contribution in [-0.2, 0) is 16.1 Å². The van der Waals surface area contributed by atoms with E-state index >= 15 is 0 Å². The second-order valence-corrected chi connectivity index (χ2v) is 3.91. The average Bonchev–Trinajstić information content (AvgIpc) is 2.64. The number of ether oxygens (including phenoxy) is 2. The maximum atomic E-state index is 10.2. The van der Waals surface area contributed by atoms with E-state index in [0.717, 1.165) is 21.8 Å². The molecule has 0 radical (unpaired) electrons. The van der Waals surface area contributed by atoms with Gasteiger partial charge in [0.15, 0.2) is 0 Å². The highest BCUT2D eigenvalue weighted by molar-refractivity contribution is 7.13. The van der Waals surface area contributed by atoms with Crippen LogP contribution in [0, 0.1) is 0 Å². The molecule has 0 aromatic heterocycles. The molecule has 15 heavy (non-hydrogen) atoms. The molecule has 2 rings (SSSR count). The number of rotatable bonds is 4. The fourth-order valence-electron chi connectivity index (χ4n) is 1.53. The first kappa shape index (κ1) is 9.98. The van der Waals surface area contributed by atoms with Gasteiger partial charge in [-0.05, 0) is 17.0 Å². The zero-order valence-electron chi connectivity index (χ0n) is 8.23. The smallest absolute Gasteiger partial charge is 0.293 e. The molecule has 0 saturated heterocycles. The van der Waals surface area contributed by atoms with Crippen molar-refractivity contribution in [2.75, 3.05) is 7.11 Å². The summed E-state index contributed by atoms with van der Waals surface area (Å²) in [5.74, 6) is 0.773. The minimum atomic E-state index is 0.261. The maximum absolute atomic E-state index is 10.2. The van der Waals surface area contributed by atoms with Crippen molar-refractivity contribution in [2.45, 2.75) is 6.61 Å². The van der Waals surface area contributed by atoms with Gasteiger partial charge in [-0.25, -0.2) is 0 Å². The standard InChI is InChI=1S/C11H10O3S/c1-13-10-5-8-3-2-4-15-11(8)9(10)6-14-7-12/h2-5,7H,6H2,1H3. The van der Waals surface area contributed by atoms with Crippen LogP contribution in [0.3, 0.4) is 0 Å². The third kappa shape index (κ3) is 1.80. The highest BCUT2D eigenvalue weighted by atomic mass is 32.1. The van der Waals surface area contributed by atoms with Gasteiger partial charge < -0.3 is 9.47 Å². The normalized spacial score (nSPS) is 10.2. The third-order valence-corrected chi connectivity index (χ3v) is 3.19.